The van der Waals surface area contributed by atoms with E-state index in [0.29, 0.717) is 5.95 Å². The van der Waals surface area contributed by atoms with Crippen LogP contribution in [0.4, 0.5) is 0 Å². The molecule has 0 radical (unpaired) electrons. The summed E-state index contributed by atoms with van der Waals surface area (Å²) in [6.07, 6.45) is 0. The zero-order valence-corrected chi connectivity index (χ0v) is 26.8. The fourth-order valence-corrected chi connectivity index (χ4v) is 8.63. The first-order chi connectivity index (χ1) is 24.8. The third-order valence-electron chi connectivity index (χ3n) is 10.8. The monoisotopic (exact) mass is 634 g/mol. The topological polar surface area (TPSA) is 35.1 Å². The first kappa shape index (κ1) is 26.2. The highest BCUT2D eigenvalue weighted by Gasteiger charge is 2.22. The molecule has 0 saturated heterocycles. The molecule has 4 nitrogen and oxygen atoms in total. The van der Waals surface area contributed by atoms with Gasteiger partial charge < -0.3 is 4.40 Å². The summed E-state index contributed by atoms with van der Waals surface area (Å²) in [6.45, 7) is 0. The maximum atomic E-state index is 5.42. The lowest BCUT2D eigenvalue weighted by molar-refractivity contribution is 1.01. The van der Waals surface area contributed by atoms with Crippen molar-refractivity contribution >= 4 is 92.3 Å². The van der Waals surface area contributed by atoms with Crippen LogP contribution in [0.1, 0.15) is 0 Å². The smallest absolute Gasteiger partial charge is 0.235 e. The van der Waals surface area contributed by atoms with Gasteiger partial charge in [-0.05, 0) is 52.6 Å². The van der Waals surface area contributed by atoms with Crippen molar-refractivity contribution in [3.05, 3.63) is 158 Å². The van der Waals surface area contributed by atoms with Crippen molar-refractivity contribution < 1.29 is 0 Å². The normalized spacial score (nSPS) is 12.4. The van der Waals surface area contributed by atoms with E-state index < -0.39 is 0 Å². The molecule has 0 N–H and O–H groups in total. The predicted octanol–water partition coefficient (Wildman–Crippen LogP) is 11.9. The fraction of sp³-hybridized carbons (Fsp3) is 0. The Hall–Kier alpha value is -6.78. The van der Waals surface area contributed by atoms with Crippen LogP contribution in [0.5, 0.6) is 0 Å². The van der Waals surface area contributed by atoms with Gasteiger partial charge in [-0.3, -0.25) is 4.57 Å². The van der Waals surface area contributed by atoms with Crippen molar-refractivity contribution in [3.8, 4) is 17.2 Å². The Morgan fingerprint density at radius 2 is 1.00 bits per heavy atom. The summed E-state index contributed by atoms with van der Waals surface area (Å²) in [6, 6.07) is 57.0. The minimum atomic E-state index is 0.669. The van der Waals surface area contributed by atoms with Crippen molar-refractivity contribution in [1.29, 1.82) is 0 Å². The van der Waals surface area contributed by atoms with Crippen molar-refractivity contribution in [1.82, 2.24) is 18.9 Å². The molecule has 4 heteroatoms. The standard InChI is InChI=1S/C46H26N4/c1-2-11-28-24-30(21-20-27(28)10-1)43-36-14-3-6-17-39(36)47-46(48-43)49-40-18-7-5-13-32(40)38-25-29-22-23-35-34-16-9-15-33-31-12-4-8-19-41(31)50(44(33)34)45(35)37(29)26-42(38)49/h1-26H. The quantitative estimate of drug-likeness (QED) is 0.190. The molecule has 0 unspecified atom stereocenters. The average Bonchev–Trinajstić information content (AvgIpc) is 3.81. The number of fused-ring (bicyclic) bond motifs is 13. The molecule has 12 rings (SSSR count). The number of para-hydroxylation sites is 4. The van der Waals surface area contributed by atoms with E-state index in [-0.39, 0.29) is 0 Å². The Labute approximate surface area is 285 Å². The summed E-state index contributed by atoms with van der Waals surface area (Å²) in [4.78, 5) is 10.7. The number of hydrogen-bond donors (Lipinski definition) is 0. The van der Waals surface area contributed by atoms with Crippen molar-refractivity contribution in [2.45, 2.75) is 0 Å². The summed E-state index contributed by atoms with van der Waals surface area (Å²) >= 11 is 0. The Kier molecular flexibility index (Phi) is 4.94. The molecular formula is C46H26N4. The molecule has 0 aliphatic carbocycles. The molecule has 0 spiro atoms. The van der Waals surface area contributed by atoms with Crippen molar-refractivity contribution in [2.75, 3.05) is 0 Å². The van der Waals surface area contributed by atoms with Gasteiger partial charge in [-0.25, -0.2) is 9.97 Å². The molecule has 0 fully saturated rings. The van der Waals surface area contributed by atoms with Crippen LogP contribution in [0.25, 0.3) is 110 Å². The number of rotatable bonds is 2. The first-order valence-electron chi connectivity index (χ1n) is 17.1. The van der Waals surface area contributed by atoms with Gasteiger partial charge in [0.05, 0.1) is 38.8 Å². The van der Waals surface area contributed by atoms with E-state index in [1.165, 1.54) is 70.4 Å². The van der Waals surface area contributed by atoms with E-state index in [9.17, 15) is 0 Å². The van der Waals surface area contributed by atoms with E-state index in [1.807, 2.05) is 0 Å². The molecule has 230 valence electrons. The molecule has 4 heterocycles. The zero-order valence-electron chi connectivity index (χ0n) is 26.8. The van der Waals surface area contributed by atoms with Gasteiger partial charge in [0.25, 0.3) is 0 Å². The van der Waals surface area contributed by atoms with Crippen LogP contribution >= 0.6 is 0 Å². The Bertz CT molecular complexity index is 3380. The third-order valence-corrected chi connectivity index (χ3v) is 10.8. The summed E-state index contributed by atoms with van der Waals surface area (Å²) in [5, 5.41) is 13.4. The van der Waals surface area contributed by atoms with Gasteiger partial charge in [-0.1, -0.05) is 121 Å². The van der Waals surface area contributed by atoms with Gasteiger partial charge >= 0.3 is 0 Å². The van der Waals surface area contributed by atoms with Gasteiger partial charge in [0.2, 0.25) is 5.95 Å². The van der Waals surface area contributed by atoms with Gasteiger partial charge in [0.1, 0.15) is 0 Å². The molecule has 12 aromatic rings. The Balaban J connectivity index is 1.22. The highest BCUT2D eigenvalue weighted by atomic mass is 15.2. The number of aromatic nitrogens is 4. The van der Waals surface area contributed by atoms with Crippen LogP contribution in [-0.4, -0.2) is 18.9 Å². The van der Waals surface area contributed by atoms with Gasteiger partial charge in [-0.15, -0.1) is 0 Å². The summed E-state index contributed by atoms with van der Waals surface area (Å²) in [5.74, 6) is 0.669. The number of benzene rings is 8. The number of hydrogen-bond acceptors (Lipinski definition) is 2. The van der Waals surface area contributed by atoms with Crippen molar-refractivity contribution in [2.24, 2.45) is 0 Å². The van der Waals surface area contributed by atoms with Crippen molar-refractivity contribution in [3.63, 3.8) is 0 Å². The summed E-state index contributed by atoms with van der Waals surface area (Å²) in [7, 11) is 0. The molecule has 0 aliphatic heterocycles. The molecule has 0 aliphatic rings. The van der Waals surface area contributed by atoms with E-state index in [2.05, 4.69) is 167 Å². The van der Waals surface area contributed by atoms with Crippen LogP contribution in [-0.2, 0) is 0 Å². The van der Waals surface area contributed by atoms with E-state index in [1.54, 1.807) is 0 Å². The molecule has 4 aromatic heterocycles. The largest absolute Gasteiger partial charge is 0.307 e. The molecular weight excluding hydrogens is 609 g/mol. The van der Waals surface area contributed by atoms with E-state index >= 15 is 0 Å². The van der Waals surface area contributed by atoms with Crippen LogP contribution < -0.4 is 0 Å². The van der Waals surface area contributed by atoms with Gasteiger partial charge in [-0.2, -0.15) is 0 Å². The van der Waals surface area contributed by atoms with Crippen LogP contribution in [0.15, 0.2) is 158 Å². The molecule has 0 saturated carbocycles. The molecule has 8 aromatic carbocycles. The minimum Gasteiger partial charge on any atom is -0.307 e. The van der Waals surface area contributed by atoms with E-state index in [4.69, 9.17) is 9.97 Å². The predicted molar refractivity (Wildman–Crippen MR) is 209 cm³/mol. The lowest BCUT2D eigenvalue weighted by atomic mass is 10.0. The average molecular weight is 635 g/mol. The second-order valence-corrected chi connectivity index (χ2v) is 13.4. The maximum Gasteiger partial charge on any atom is 0.235 e. The summed E-state index contributed by atoms with van der Waals surface area (Å²) in [5.41, 5.74) is 8.88. The minimum absolute atomic E-state index is 0.669. The molecule has 0 bridgehead atoms. The second kappa shape index (κ2) is 9.43. The summed E-state index contributed by atoms with van der Waals surface area (Å²) < 4.78 is 4.76. The Morgan fingerprint density at radius 3 is 1.88 bits per heavy atom. The first-order valence-corrected chi connectivity index (χ1v) is 17.1. The highest BCUT2D eigenvalue weighted by molar-refractivity contribution is 6.28. The molecule has 50 heavy (non-hydrogen) atoms. The third kappa shape index (κ3) is 3.34. The van der Waals surface area contributed by atoms with Crippen LogP contribution in [0.2, 0.25) is 0 Å². The lowest BCUT2D eigenvalue weighted by Crippen LogP contribution is -2.03. The maximum absolute atomic E-state index is 5.42. The van der Waals surface area contributed by atoms with Crippen LogP contribution in [0, 0.1) is 0 Å². The van der Waals surface area contributed by atoms with Gasteiger partial charge in [0.15, 0.2) is 0 Å². The molecule has 0 amide bonds. The SMILES string of the molecule is c1ccc2cc(-c3nc(-n4c5ccccc5c5cc6ccc7c8cccc9c%10ccccc%10n(c7c6cc54)c98)nc4ccccc34)ccc2c1. The van der Waals surface area contributed by atoms with Crippen LogP contribution in [0.3, 0.4) is 0 Å². The number of nitrogens with zero attached hydrogens (tertiary/aromatic N) is 4. The fourth-order valence-electron chi connectivity index (χ4n) is 8.63. The Morgan fingerprint density at radius 1 is 0.360 bits per heavy atom. The van der Waals surface area contributed by atoms with Gasteiger partial charge in [0, 0.05) is 48.7 Å². The molecule has 0 atom stereocenters. The highest BCUT2D eigenvalue weighted by Crippen LogP contribution is 2.43. The second-order valence-electron chi connectivity index (χ2n) is 13.4. The lowest BCUT2D eigenvalue weighted by Gasteiger charge is -2.12. The van der Waals surface area contributed by atoms with E-state index in [0.717, 1.165) is 33.2 Å². The zero-order chi connectivity index (χ0) is 32.5.